The van der Waals surface area contributed by atoms with Crippen molar-refractivity contribution in [1.29, 1.82) is 0 Å². The third kappa shape index (κ3) is 5.34. The van der Waals surface area contributed by atoms with Crippen molar-refractivity contribution in [3.05, 3.63) is 12.2 Å². The molecule has 0 saturated heterocycles. The van der Waals surface area contributed by atoms with Gasteiger partial charge in [-0.3, -0.25) is 4.79 Å². The Balaban J connectivity index is 3.03. The van der Waals surface area contributed by atoms with Gasteiger partial charge in [0.25, 0.3) is 0 Å². The summed E-state index contributed by atoms with van der Waals surface area (Å²) in [5, 5.41) is 10.0. The van der Waals surface area contributed by atoms with Crippen LogP contribution in [0, 0.1) is 0 Å². The van der Waals surface area contributed by atoms with E-state index in [-0.39, 0.29) is 26.1 Å². The molecule has 20 heavy (non-hydrogen) atoms. The van der Waals surface area contributed by atoms with Crippen LogP contribution in [0.15, 0.2) is 12.2 Å². The fourth-order valence-electron chi connectivity index (χ4n) is 2.01. The second-order valence-electron chi connectivity index (χ2n) is 7.04. The van der Waals surface area contributed by atoms with Crippen LogP contribution in [-0.4, -0.2) is 42.3 Å². The second kappa shape index (κ2) is 6.32. The molecule has 1 aliphatic rings. The highest BCUT2D eigenvalue weighted by atomic mass is 32.2. The lowest BCUT2D eigenvalue weighted by Gasteiger charge is -2.44. The van der Waals surface area contributed by atoms with E-state index in [1.54, 1.807) is 30.4 Å². The van der Waals surface area contributed by atoms with Crippen molar-refractivity contribution in [3.8, 4) is 0 Å². The van der Waals surface area contributed by atoms with Crippen LogP contribution in [0.3, 0.4) is 0 Å². The van der Waals surface area contributed by atoms with E-state index < -0.39 is 6.10 Å². The first kappa shape index (κ1) is 17.9. The fraction of sp³-hybridized carbons (Fsp3) is 0.800. The number of hydrogen-bond donors (Lipinski definition) is 1. The van der Waals surface area contributed by atoms with E-state index in [1.165, 1.54) is 0 Å². The smallest absolute Gasteiger partial charge is 0.221 e. The Labute approximate surface area is 131 Å². The molecule has 1 amide bonds. The van der Waals surface area contributed by atoms with Crippen molar-refractivity contribution in [2.45, 2.75) is 74.8 Å². The first-order chi connectivity index (χ1) is 8.91. The summed E-state index contributed by atoms with van der Waals surface area (Å²) in [6, 6.07) is 0. The monoisotopic (exact) mass is 317 g/mol. The predicted octanol–water partition coefficient (Wildman–Crippen LogP) is 3.48. The Kier molecular flexibility index (Phi) is 5.67. The molecule has 0 saturated carbocycles. The Bertz CT molecular complexity index is 382. The van der Waals surface area contributed by atoms with Gasteiger partial charge in [-0.2, -0.15) is 0 Å². The first-order valence-corrected chi connectivity index (χ1v) is 8.67. The van der Waals surface area contributed by atoms with Crippen molar-refractivity contribution in [1.82, 2.24) is 4.90 Å². The molecule has 0 fully saturated rings. The summed E-state index contributed by atoms with van der Waals surface area (Å²) in [7, 11) is 0. The van der Waals surface area contributed by atoms with E-state index in [2.05, 4.69) is 41.5 Å². The number of nitrogens with zero attached hydrogens (tertiary/aromatic N) is 1. The van der Waals surface area contributed by atoms with Gasteiger partial charge < -0.3 is 10.0 Å². The summed E-state index contributed by atoms with van der Waals surface area (Å²) in [5.41, 5.74) is 0. The van der Waals surface area contributed by atoms with Gasteiger partial charge in [0.15, 0.2) is 0 Å². The SMILES string of the molecule is CC(=O)N1C(SC(C)(C)C)C=CC(O)C1SC(C)(C)C. The standard InChI is InChI=1S/C15H27NO2S2/c1-10(17)16-12(19-14(2,3)4)9-8-11(18)13(16)20-15(5,6)7/h8-9,11-13,18H,1-7H3. The number of aliphatic hydroxyl groups excluding tert-OH is 1. The molecule has 1 N–H and O–H groups in total. The van der Waals surface area contributed by atoms with Crippen LogP contribution in [-0.2, 0) is 4.79 Å². The molecule has 0 radical (unpaired) electrons. The van der Waals surface area contributed by atoms with Gasteiger partial charge in [-0.25, -0.2) is 0 Å². The van der Waals surface area contributed by atoms with Gasteiger partial charge >= 0.3 is 0 Å². The number of aliphatic hydroxyl groups is 1. The van der Waals surface area contributed by atoms with Gasteiger partial charge in [-0.1, -0.05) is 53.7 Å². The van der Waals surface area contributed by atoms with E-state index in [1.807, 2.05) is 17.1 Å². The van der Waals surface area contributed by atoms with E-state index >= 15 is 0 Å². The highest BCUT2D eigenvalue weighted by Gasteiger charge is 2.39. The molecule has 3 atom stereocenters. The average molecular weight is 318 g/mol. The molecule has 1 aliphatic heterocycles. The molecule has 3 unspecified atom stereocenters. The highest BCUT2D eigenvalue weighted by molar-refractivity contribution is 8.02. The predicted molar refractivity (Wildman–Crippen MR) is 89.9 cm³/mol. The van der Waals surface area contributed by atoms with Crippen molar-refractivity contribution in [2.24, 2.45) is 0 Å². The van der Waals surface area contributed by atoms with E-state index in [0.717, 1.165) is 0 Å². The maximum atomic E-state index is 12.1. The third-order valence-corrected chi connectivity index (χ3v) is 5.41. The molecule has 0 bridgehead atoms. The van der Waals surface area contributed by atoms with Crippen molar-refractivity contribution >= 4 is 29.4 Å². The number of carbonyl (C=O) groups is 1. The Morgan fingerprint density at radius 2 is 1.55 bits per heavy atom. The van der Waals surface area contributed by atoms with Crippen LogP contribution in [0.4, 0.5) is 0 Å². The first-order valence-electron chi connectivity index (χ1n) is 6.92. The summed E-state index contributed by atoms with van der Waals surface area (Å²) in [6.45, 7) is 14.3. The van der Waals surface area contributed by atoms with Gasteiger partial charge in [0, 0.05) is 16.4 Å². The molecule has 3 nitrogen and oxygen atoms in total. The summed E-state index contributed by atoms with van der Waals surface area (Å²) in [6.07, 6.45) is 3.16. The second-order valence-corrected chi connectivity index (χ2v) is 10.9. The van der Waals surface area contributed by atoms with Crippen LogP contribution in [0.2, 0.25) is 0 Å². The number of amides is 1. The van der Waals surface area contributed by atoms with Crippen molar-refractivity contribution in [2.75, 3.05) is 0 Å². The molecule has 0 spiro atoms. The van der Waals surface area contributed by atoms with E-state index in [4.69, 9.17) is 0 Å². The fourth-order valence-corrected chi connectivity index (χ4v) is 4.72. The molecular formula is C15H27NO2S2. The quantitative estimate of drug-likeness (QED) is 0.792. The minimum atomic E-state index is -0.611. The average Bonchev–Trinajstić information content (AvgIpc) is 2.18. The Hall–Kier alpha value is -0.130. The van der Waals surface area contributed by atoms with Crippen molar-refractivity contribution in [3.63, 3.8) is 0 Å². The maximum Gasteiger partial charge on any atom is 0.221 e. The van der Waals surface area contributed by atoms with Crippen LogP contribution in [0.25, 0.3) is 0 Å². The highest BCUT2D eigenvalue weighted by Crippen LogP contribution is 2.40. The lowest BCUT2D eigenvalue weighted by molar-refractivity contribution is -0.131. The Morgan fingerprint density at radius 1 is 1.05 bits per heavy atom. The van der Waals surface area contributed by atoms with Gasteiger partial charge in [0.2, 0.25) is 5.91 Å². The molecule has 0 aromatic rings. The molecule has 0 aromatic carbocycles. The van der Waals surface area contributed by atoms with Crippen molar-refractivity contribution < 1.29 is 9.90 Å². The molecule has 5 heteroatoms. The van der Waals surface area contributed by atoms with Crippen LogP contribution in [0.1, 0.15) is 48.5 Å². The number of rotatable bonds is 2. The van der Waals surface area contributed by atoms with Gasteiger partial charge in [0.1, 0.15) is 11.5 Å². The molecule has 0 aromatic heterocycles. The molecule has 1 rings (SSSR count). The van der Waals surface area contributed by atoms with Gasteiger partial charge in [-0.05, 0) is 0 Å². The largest absolute Gasteiger partial charge is 0.386 e. The third-order valence-electron chi connectivity index (χ3n) is 2.63. The lowest BCUT2D eigenvalue weighted by Crippen LogP contribution is -2.52. The molecule has 1 heterocycles. The van der Waals surface area contributed by atoms with Crippen LogP contribution < -0.4 is 0 Å². The zero-order valence-electron chi connectivity index (χ0n) is 13.5. The van der Waals surface area contributed by atoms with Crippen LogP contribution in [0.5, 0.6) is 0 Å². The number of carbonyl (C=O) groups excluding carboxylic acids is 1. The maximum absolute atomic E-state index is 12.1. The molecule has 0 aliphatic carbocycles. The van der Waals surface area contributed by atoms with Crippen LogP contribution >= 0.6 is 23.5 Å². The summed E-state index contributed by atoms with van der Waals surface area (Å²) >= 11 is 3.38. The lowest BCUT2D eigenvalue weighted by atomic mass is 10.2. The zero-order valence-corrected chi connectivity index (χ0v) is 15.1. The summed E-state index contributed by atoms with van der Waals surface area (Å²) in [5.74, 6) is 0.0110. The van der Waals surface area contributed by atoms with E-state index in [9.17, 15) is 9.90 Å². The number of hydrogen-bond acceptors (Lipinski definition) is 4. The number of thioether (sulfide) groups is 2. The normalized spacial score (nSPS) is 27.8. The topological polar surface area (TPSA) is 40.5 Å². The minimum Gasteiger partial charge on any atom is -0.386 e. The summed E-state index contributed by atoms with van der Waals surface area (Å²) < 4.78 is 0.0451. The molecule has 116 valence electrons. The van der Waals surface area contributed by atoms with Gasteiger partial charge in [0.05, 0.1) is 5.37 Å². The minimum absolute atomic E-state index is 0.0110. The van der Waals surface area contributed by atoms with Gasteiger partial charge in [-0.15, -0.1) is 23.5 Å². The molecular weight excluding hydrogens is 290 g/mol. The summed E-state index contributed by atoms with van der Waals surface area (Å²) in [4.78, 5) is 13.9. The van der Waals surface area contributed by atoms with E-state index in [0.29, 0.717) is 0 Å². The zero-order chi connectivity index (χ0) is 15.7. The Morgan fingerprint density at radius 3 is 1.95 bits per heavy atom.